The molecular formula is C13H13NO5. The number of nitrogens with one attached hydrogen (secondary N) is 1. The Morgan fingerprint density at radius 3 is 2.05 bits per heavy atom. The maximum absolute atomic E-state index is 10.9. The molecule has 0 aliphatic rings. The van der Waals surface area contributed by atoms with Crippen molar-refractivity contribution in [2.24, 2.45) is 0 Å². The quantitative estimate of drug-likeness (QED) is 0.741. The Bertz CT molecular complexity index is 516. The molecular weight excluding hydrogens is 250 g/mol. The average molecular weight is 263 g/mol. The molecule has 0 spiro atoms. The van der Waals surface area contributed by atoms with Crippen LogP contribution in [0.4, 0.5) is 0 Å². The lowest BCUT2D eigenvalue weighted by Gasteiger charge is -2.02. The second-order valence-electron chi connectivity index (χ2n) is 3.79. The topological polar surface area (TPSA) is 104 Å². The van der Waals surface area contributed by atoms with Crippen LogP contribution in [0.2, 0.25) is 0 Å². The number of carbonyl (C=O) groups excluding carboxylic acids is 1. The van der Waals surface area contributed by atoms with E-state index in [9.17, 15) is 14.4 Å². The predicted molar refractivity (Wildman–Crippen MR) is 68.1 cm³/mol. The highest BCUT2D eigenvalue weighted by atomic mass is 16.4. The summed E-state index contributed by atoms with van der Waals surface area (Å²) >= 11 is 0. The van der Waals surface area contributed by atoms with Crippen LogP contribution >= 0.6 is 0 Å². The first-order valence-corrected chi connectivity index (χ1v) is 5.43. The average Bonchev–Trinajstić information content (AvgIpc) is 2.34. The van der Waals surface area contributed by atoms with Crippen molar-refractivity contribution in [3.8, 4) is 0 Å². The van der Waals surface area contributed by atoms with Crippen LogP contribution < -0.4 is 5.32 Å². The molecule has 1 aromatic rings. The molecule has 0 radical (unpaired) electrons. The molecule has 100 valence electrons. The van der Waals surface area contributed by atoms with Crippen LogP contribution in [0.3, 0.4) is 0 Å². The van der Waals surface area contributed by atoms with Gasteiger partial charge in [0.2, 0.25) is 5.91 Å². The summed E-state index contributed by atoms with van der Waals surface area (Å²) in [6.07, 6.45) is 3.16. The molecule has 0 aliphatic carbocycles. The van der Waals surface area contributed by atoms with E-state index >= 15 is 0 Å². The third-order valence-electron chi connectivity index (χ3n) is 2.23. The molecule has 0 heterocycles. The van der Waals surface area contributed by atoms with Gasteiger partial charge in [0.25, 0.3) is 0 Å². The summed E-state index contributed by atoms with van der Waals surface area (Å²) in [6.45, 7) is 1.66. The van der Waals surface area contributed by atoms with Crippen molar-refractivity contribution in [1.82, 2.24) is 5.32 Å². The summed E-state index contributed by atoms with van der Waals surface area (Å²) < 4.78 is 0. The van der Waals surface area contributed by atoms with Gasteiger partial charge in [-0.2, -0.15) is 0 Å². The maximum Gasteiger partial charge on any atom is 0.335 e. The summed E-state index contributed by atoms with van der Waals surface area (Å²) in [6, 6.07) is 3.81. The van der Waals surface area contributed by atoms with Gasteiger partial charge in [0.05, 0.1) is 11.1 Å². The smallest absolute Gasteiger partial charge is 0.335 e. The highest BCUT2D eigenvalue weighted by Crippen LogP contribution is 2.12. The SMILES string of the molecule is CC(=O)NCC=Cc1cc(C(=O)O)cc(C(=O)O)c1. The Morgan fingerprint density at radius 2 is 1.63 bits per heavy atom. The molecule has 6 heteroatoms. The zero-order valence-corrected chi connectivity index (χ0v) is 10.2. The molecule has 19 heavy (non-hydrogen) atoms. The fourth-order valence-electron chi connectivity index (χ4n) is 1.39. The van der Waals surface area contributed by atoms with Crippen molar-refractivity contribution >= 4 is 23.9 Å². The Labute approximate surface area is 109 Å². The Morgan fingerprint density at radius 1 is 1.11 bits per heavy atom. The van der Waals surface area contributed by atoms with Crippen LogP contribution in [-0.2, 0) is 4.79 Å². The van der Waals surface area contributed by atoms with Gasteiger partial charge in [0, 0.05) is 13.5 Å². The van der Waals surface area contributed by atoms with Gasteiger partial charge in [-0.25, -0.2) is 9.59 Å². The van der Waals surface area contributed by atoms with Crippen molar-refractivity contribution < 1.29 is 24.6 Å². The van der Waals surface area contributed by atoms with E-state index in [0.717, 1.165) is 6.07 Å². The van der Waals surface area contributed by atoms with Gasteiger partial charge in [0.1, 0.15) is 0 Å². The summed E-state index contributed by atoms with van der Waals surface area (Å²) in [7, 11) is 0. The number of carbonyl (C=O) groups is 3. The summed E-state index contributed by atoms with van der Waals surface area (Å²) in [5.74, 6) is -2.57. The second kappa shape index (κ2) is 6.34. The molecule has 3 N–H and O–H groups in total. The van der Waals surface area contributed by atoms with E-state index in [2.05, 4.69) is 5.32 Å². The molecule has 0 saturated carbocycles. The highest BCUT2D eigenvalue weighted by Gasteiger charge is 2.10. The number of benzene rings is 1. The summed E-state index contributed by atoms with van der Waals surface area (Å²) in [5.41, 5.74) is 0.251. The van der Waals surface area contributed by atoms with Gasteiger partial charge >= 0.3 is 11.9 Å². The van der Waals surface area contributed by atoms with E-state index in [0.29, 0.717) is 5.56 Å². The fourth-order valence-corrected chi connectivity index (χ4v) is 1.39. The lowest BCUT2D eigenvalue weighted by molar-refractivity contribution is -0.118. The van der Waals surface area contributed by atoms with Crippen LogP contribution in [0, 0.1) is 0 Å². The minimum absolute atomic E-state index is 0.0981. The lowest BCUT2D eigenvalue weighted by Crippen LogP contribution is -2.19. The van der Waals surface area contributed by atoms with Crippen LogP contribution in [0.15, 0.2) is 24.3 Å². The van der Waals surface area contributed by atoms with E-state index in [4.69, 9.17) is 10.2 Å². The normalized spacial score (nSPS) is 10.4. The molecule has 0 fully saturated rings. The van der Waals surface area contributed by atoms with Crippen molar-refractivity contribution in [3.05, 3.63) is 41.0 Å². The third kappa shape index (κ3) is 4.63. The van der Waals surface area contributed by atoms with Gasteiger partial charge in [-0.3, -0.25) is 4.79 Å². The van der Waals surface area contributed by atoms with Gasteiger partial charge in [-0.05, 0) is 23.8 Å². The predicted octanol–water partition coefficient (Wildman–Crippen LogP) is 1.23. The third-order valence-corrected chi connectivity index (χ3v) is 2.23. The van der Waals surface area contributed by atoms with Gasteiger partial charge in [-0.1, -0.05) is 12.2 Å². The largest absolute Gasteiger partial charge is 0.478 e. The number of rotatable bonds is 5. The van der Waals surface area contributed by atoms with Gasteiger partial charge < -0.3 is 15.5 Å². The van der Waals surface area contributed by atoms with Crippen LogP contribution in [0.25, 0.3) is 6.08 Å². The van der Waals surface area contributed by atoms with Crippen molar-refractivity contribution in [2.45, 2.75) is 6.92 Å². The van der Waals surface area contributed by atoms with E-state index < -0.39 is 11.9 Å². The Hall–Kier alpha value is -2.63. The molecule has 0 aliphatic heterocycles. The maximum atomic E-state index is 10.9. The van der Waals surface area contributed by atoms with Crippen LogP contribution in [0.1, 0.15) is 33.2 Å². The Kier molecular flexibility index (Phi) is 4.82. The molecule has 0 aromatic heterocycles. The molecule has 0 bridgehead atoms. The first-order valence-electron chi connectivity index (χ1n) is 5.43. The molecule has 0 saturated heterocycles. The van der Waals surface area contributed by atoms with Gasteiger partial charge in [-0.15, -0.1) is 0 Å². The van der Waals surface area contributed by atoms with E-state index in [-0.39, 0.29) is 23.6 Å². The molecule has 1 aromatic carbocycles. The van der Waals surface area contributed by atoms with E-state index in [1.54, 1.807) is 12.2 Å². The molecule has 0 unspecified atom stereocenters. The fraction of sp³-hybridized carbons (Fsp3) is 0.154. The highest BCUT2D eigenvalue weighted by molar-refractivity contribution is 5.94. The van der Waals surface area contributed by atoms with Crippen molar-refractivity contribution in [1.29, 1.82) is 0 Å². The zero-order valence-electron chi connectivity index (χ0n) is 10.2. The summed E-state index contributed by atoms with van der Waals surface area (Å²) in [5, 5.41) is 20.3. The van der Waals surface area contributed by atoms with E-state index in [1.807, 2.05) is 0 Å². The van der Waals surface area contributed by atoms with Crippen LogP contribution in [0.5, 0.6) is 0 Å². The minimum Gasteiger partial charge on any atom is -0.478 e. The first kappa shape index (κ1) is 14.4. The first-order chi connectivity index (χ1) is 8.90. The minimum atomic E-state index is -1.19. The van der Waals surface area contributed by atoms with Crippen molar-refractivity contribution in [2.75, 3.05) is 6.54 Å². The number of carboxylic acid groups (broad SMARTS) is 2. The van der Waals surface area contributed by atoms with Gasteiger partial charge in [0.15, 0.2) is 0 Å². The number of aromatic carboxylic acids is 2. The Balaban J connectivity index is 2.96. The monoisotopic (exact) mass is 263 g/mol. The van der Waals surface area contributed by atoms with E-state index in [1.165, 1.54) is 19.1 Å². The summed E-state index contributed by atoms with van der Waals surface area (Å²) in [4.78, 5) is 32.4. The second-order valence-corrected chi connectivity index (χ2v) is 3.79. The molecule has 1 rings (SSSR count). The molecule has 1 amide bonds. The van der Waals surface area contributed by atoms with Crippen LogP contribution in [-0.4, -0.2) is 34.6 Å². The number of hydrogen-bond donors (Lipinski definition) is 3. The zero-order chi connectivity index (χ0) is 14.4. The number of hydrogen-bond acceptors (Lipinski definition) is 3. The number of carboxylic acids is 2. The molecule has 6 nitrogen and oxygen atoms in total. The molecule has 0 atom stereocenters. The van der Waals surface area contributed by atoms with Crippen molar-refractivity contribution in [3.63, 3.8) is 0 Å². The number of amides is 1. The standard InChI is InChI=1S/C13H13NO5/c1-8(15)14-4-2-3-9-5-10(12(16)17)7-11(6-9)13(18)19/h2-3,5-7H,4H2,1H3,(H,14,15)(H,16,17)(H,18,19). The lowest BCUT2D eigenvalue weighted by atomic mass is 10.1.